The monoisotopic (exact) mass is 291 g/mol. The predicted octanol–water partition coefficient (Wildman–Crippen LogP) is 2.33. The number of rotatable bonds is 5. The molecule has 2 aromatic carbocycles. The van der Waals surface area contributed by atoms with Gasteiger partial charge in [-0.3, -0.25) is 4.72 Å². The number of aryl methyl sites for hydroxylation is 1. The van der Waals surface area contributed by atoms with Gasteiger partial charge in [0.15, 0.2) is 0 Å². The van der Waals surface area contributed by atoms with Crippen LogP contribution in [-0.2, 0) is 16.4 Å². The van der Waals surface area contributed by atoms with Gasteiger partial charge in [-0.25, -0.2) is 8.42 Å². The van der Waals surface area contributed by atoms with Gasteiger partial charge in [0, 0.05) is 12.3 Å². The molecule has 106 valence electrons. The number of nitrogens with one attached hydrogen (secondary N) is 1. The van der Waals surface area contributed by atoms with E-state index >= 15 is 0 Å². The molecule has 0 spiro atoms. The van der Waals surface area contributed by atoms with E-state index < -0.39 is 10.0 Å². The van der Waals surface area contributed by atoms with Crippen molar-refractivity contribution in [2.75, 3.05) is 11.3 Å². The van der Waals surface area contributed by atoms with Gasteiger partial charge in [-0.2, -0.15) is 0 Å². The molecule has 0 fully saturated rings. The van der Waals surface area contributed by atoms with E-state index in [4.69, 9.17) is 5.11 Å². The van der Waals surface area contributed by atoms with Gasteiger partial charge in [0.05, 0.1) is 4.90 Å². The van der Waals surface area contributed by atoms with E-state index in [1.165, 1.54) is 0 Å². The van der Waals surface area contributed by atoms with E-state index in [-0.39, 0.29) is 11.5 Å². The second-order valence-corrected chi connectivity index (χ2v) is 6.27. The van der Waals surface area contributed by atoms with E-state index in [1.807, 2.05) is 13.0 Å². The van der Waals surface area contributed by atoms with Crippen LogP contribution in [0.15, 0.2) is 53.4 Å². The van der Waals surface area contributed by atoms with Gasteiger partial charge >= 0.3 is 0 Å². The van der Waals surface area contributed by atoms with Crippen molar-refractivity contribution < 1.29 is 13.5 Å². The number of benzene rings is 2. The Morgan fingerprint density at radius 3 is 2.40 bits per heavy atom. The maximum atomic E-state index is 12.2. The minimum atomic E-state index is -3.57. The predicted molar refractivity (Wildman–Crippen MR) is 79.2 cm³/mol. The fourth-order valence-electron chi connectivity index (χ4n) is 1.89. The van der Waals surface area contributed by atoms with Crippen LogP contribution in [0.3, 0.4) is 0 Å². The Kier molecular flexibility index (Phi) is 4.42. The lowest BCUT2D eigenvalue weighted by molar-refractivity contribution is 0.299. The Hall–Kier alpha value is -1.85. The third-order valence-corrected chi connectivity index (χ3v) is 4.30. The van der Waals surface area contributed by atoms with Crippen molar-refractivity contribution in [1.29, 1.82) is 0 Å². The molecular formula is C15H17NO3S. The zero-order valence-corrected chi connectivity index (χ0v) is 12.0. The van der Waals surface area contributed by atoms with Crippen molar-refractivity contribution in [3.63, 3.8) is 0 Å². The molecule has 0 atom stereocenters. The van der Waals surface area contributed by atoms with Crippen molar-refractivity contribution in [2.24, 2.45) is 0 Å². The van der Waals surface area contributed by atoms with E-state index in [0.717, 1.165) is 11.1 Å². The van der Waals surface area contributed by atoms with Crippen LogP contribution >= 0.6 is 0 Å². The Balaban J connectivity index is 2.21. The smallest absolute Gasteiger partial charge is 0.261 e. The van der Waals surface area contributed by atoms with Crippen LogP contribution in [0.1, 0.15) is 11.1 Å². The average molecular weight is 291 g/mol. The molecule has 0 heterocycles. The average Bonchev–Trinajstić information content (AvgIpc) is 2.39. The SMILES string of the molecule is Cc1cccc(NS(=O)(=O)c2ccc(CCO)cc2)c1. The zero-order chi connectivity index (χ0) is 14.6. The van der Waals surface area contributed by atoms with E-state index in [2.05, 4.69) is 4.72 Å². The summed E-state index contributed by atoms with van der Waals surface area (Å²) in [6, 6.07) is 13.7. The van der Waals surface area contributed by atoms with Crippen LogP contribution in [0.5, 0.6) is 0 Å². The van der Waals surface area contributed by atoms with Gasteiger partial charge in [-0.15, -0.1) is 0 Å². The van der Waals surface area contributed by atoms with Crippen LogP contribution in [0.2, 0.25) is 0 Å². The second kappa shape index (κ2) is 6.07. The zero-order valence-electron chi connectivity index (χ0n) is 11.2. The van der Waals surface area contributed by atoms with Crippen LogP contribution in [0.4, 0.5) is 5.69 Å². The highest BCUT2D eigenvalue weighted by Crippen LogP contribution is 2.17. The third-order valence-electron chi connectivity index (χ3n) is 2.90. The van der Waals surface area contributed by atoms with Gasteiger partial charge in [0.2, 0.25) is 0 Å². The first-order chi connectivity index (χ1) is 9.51. The number of anilines is 1. The van der Waals surface area contributed by atoms with Gasteiger partial charge in [0.25, 0.3) is 10.0 Å². The van der Waals surface area contributed by atoms with Gasteiger partial charge < -0.3 is 5.11 Å². The third kappa shape index (κ3) is 3.59. The maximum Gasteiger partial charge on any atom is 0.261 e. The highest BCUT2D eigenvalue weighted by molar-refractivity contribution is 7.92. The number of aliphatic hydroxyl groups is 1. The fourth-order valence-corrected chi connectivity index (χ4v) is 2.94. The summed E-state index contributed by atoms with van der Waals surface area (Å²) in [7, 11) is -3.57. The molecule has 0 aliphatic carbocycles. The molecule has 0 unspecified atom stereocenters. The van der Waals surface area contributed by atoms with Crippen LogP contribution < -0.4 is 4.72 Å². The van der Waals surface area contributed by atoms with E-state index in [1.54, 1.807) is 42.5 Å². The molecule has 5 heteroatoms. The largest absolute Gasteiger partial charge is 0.396 e. The first-order valence-electron chi connectivity index (χ1n) is 6.30. The minimum Gasteiger partial charge on any atom is -0.396 e. The Morgan fingerprint density at radius 2 is 1.80 bits per heavy atom. The molecule has 0 aromatic heterocycles. The lowest BCUT2D eigenvalue weighted by Crippen LogP contribution is -2.13. The van der Waals surface area contributed by atoms with Crippen LogP contribution in [0, 0.1) is 6.92 Å². The van der Waals surface area contributed by atoms with Gasteiger partial charge in [0.1, 0.15) is 0 Å². The number of aliphatic hydroxyl groups excluding tert-OH is 1. The summed E-state index contributed by atoms with van der Waals surface area (Å²) in [5.41, 5.74) is 2.44. The van der Waals surface area contributed by atoms with Crippen LogP contribution in [0.25, 0.3) is 0 Å². The van der Waals surface area contributed by atoms with Crippen molar-refractivity contribution in [3.8, 4) is 0 Å². The summed E-state index contributed by atoms with van der Waals surface area (Å²) in [5.74, 6) is 0. The second-order valence-electron chi connectivity index (χ2n) is 4.59. The Bertz CT molecular complexity index is 679. The van der Waals surface area contributed by atoms with Crippen LogP contribution in [-0.4, -0.2) is 20.1 Å². The fraction of sp³-hybridized carbons (Fsp3) is 0.200. The first kappa shape index (κ1) is 14.6. The van der Waals surface area contributed by atoms with Gasteiger partial charge in [-0.1, -0.05) is 24.3 Å². The molecule has 2 aromatic rings. The summed E-state index contributed by atoms with van der Waals surface area (Å²) in [4.78, 5) is 0.209. The highest BCUT2D eigenvalue weighted by Gasteiger charge is 2.13. The topological polar surface area (TPSA) is 66.4 Å². The molecule has 20 heavy (non-hydrogen) atoms. The lowest BCUT2D eigenvalue weighted by atomic mass is 10.2. The summed E-state index contributed by atoms with van der Waals surface area (Å²) >= 11 is 0. The quantitative estimate of drug-likeness (QED) is 0.888. The lowest BCUT2D eigenvalue weighted by Gasteiger charge is -2.09. The molecule has 0 radical (unpaired) electrons. The van der Waals surface area contributed by atoms with Gasteiger partial charge in [-0.05, 0) is 48.7 Å². The standard InChI is InChI=1S/C15H17NO3S/c1-12-3-2-4-14(11-12)16-20(18,19)15-7-5-13(6-8-15)9-10-17/h2-8,11,16-17H,9-10H2,1H3. The van der Waals surface area contributed by atoms with E-state index in [0.29, 0.717) is 12.1 Å². The summed E-state index contributed by atoms with van der Waals surface area (Å²) in [5, 5.41) is 8.84. The summed E-state index contributed by atoms with van der Waals surface area (Å²) in [6.07, 6.45) is 0.519. The van der Waals surface area contributed by atoms with Crippen molar-refractivity contribution >= 4 is 15.7 Å². The van der Waals surface area contributed by atoms with Crippen molar-refractivity contribution in [3.05, 3.63) is 59.7 Å². The molecular weight excluding hydrogens is 274 g/mol. The van der Waals surface area contributed by atoms with E-state index in [9.17, 15) is 8.42 Å². The first-order valence-corrected chi connectivity index (χ1v) is 7.79. The normalized spacial score (nSPS) is 11.3. The summed E-state index contributed by atoms with van der Waals surface area (Å²) < 4.78 is 27.0. The van der Waals surface area contributed by atoms with Crippen molar-refractivity contribution in [1.82, 2.24) is 0 Å². The Morgan fingerprint density at radius 1 is 1.10 bits per heavy atom. The molecule has 2 N–H and O–H groups in total. The minimum absolute atomic E-state index is 0.0492. The summed E-state index contributed by atoms with van der Waals surface area (Å²) in [6.45, 7) is 1.95. The molecule has 0 amide bonds. The van der Waals surface area contributed by atoms with Crippen molar-refractivity contribution in [2.45, 2.75) is 18.2 Å². The Labute approximate surface area is 119 Å². The molecule has 0 saturated heterocycles. The molecule has 4 nitrogen and oxygen atoms in total. The number of hydrogen-bond donors (Lipinski definition) is 2. The molecule has 0 aliphatic rings. The molecule has 0 saturated carbocycles. The number of sulfonamides is 1. The molecule has 2 rings (SSSR count). The highest BCUT2D eigenvalue weighted by atomic mass is 32.2. The maximum absolute atomic E-state index is 12.2. The molecule has 0 aliphatic heterocycles. The molecule has 0 bridgehead atoms. The number of hydrogen-bond acceptors (Lipinski definition) is 3.